The molecule has 1 atom stereocenters. The Bertz CT molecular complexity index is 430. The second kappa shape index (κ2) is 7.41. The zero-order valence-electron chi connectivity index (χ0n) is 12.3. The number of benzene rings is 1. The van der Waals surface area contributed by atoms with Crippen molar-refractivity contribution >= 4 is 5.91 Å². The molecule has 3 N–H and O–H groups in total. The first-order valence-electron chi connectivity index (χ1n) is 7.51. The molecule has 0 aliphatic carbocycles. The molecule has 1 saturated heterocycles. The van der Waals surface area contributed by atoms with Crippen molar-refractivity contribution in [1.29, 1.82) is 0 Å². The lowest BCUT2D eigenvalue weighted by atomic mass is 10.1. The maximum Gasteiger partial charge on any atom is 0.224 e. The van der Waals surface area contributed by atoms with E-state index in [1.807, 2.05) is 24.3 Å². The molecule has 0 bridgehead atoms. The summed E-state index contributed by atoms with van der Waals surface area (Å²) in [4.78, 5) is 14.4. The summed E-state index contributed by atoms with van der Waals surface area (Å²) in [5.74, 6) is 0.105. The van der Waals surface area contributed by atoms with Gasteiger partial charge >= 0.3 is 0 Å². The van der Waals surface area contributed by atoms with Crippen molar-refractivity contribution in [1.82, 2.24) is 10.2 Å². The Balaban J connectivity index is 1.77. The monoisotopic (exact) mass is 275 g/mol. The molecule has 1 amide bonds. The molecule has 4 heteroatoms. The zero-order chi connectivity index (χ0) is 14.4. The smallest absolute Gasteiger partial charge is 0.224 e. The van der Waals surface area contributed by atoms with Gasteiger partial charge in [0.2, 0.25) is 5.91 Å². The SMILES string of the molecule is CCN1CCCC1CNC(=O)Cc1ccc(CN)cc1. The summed E-state index contributed by atoms with van der Waals surface area (Å²) in [5, 5.41) is 3.06. The Hall–Kier alpha value is -1.39. The molecular formula is C16H25N3O. The van der Waals surface area contributed by atoms with E-state index in [1.54, 1.807) is 0 Å². The van der Waals surface area contributed by atoms with Gasteiger partial charge in [-0.15, -0.1) is 0 Å². The lowest BCUT2D eigenvalue weighted by Crippen LogP contribution is -2.40. The van der Waals surface area contributed by atoms with Crippen LogP contribution in [0.2, 0.25) is 0 Å². The first-order chi connectivity index (χ1) is 9.72. The normalized spacial score (nSPS) is 19.2. The number of hydrogen-bond donors (Lipinski definition) is 2. The van der Waals surface area contributed by atoms with Crippen molar-refractivity contribution in [2.45, 2.75) is 38.8 Å². The first kappa shape index (κ1) is 15.0. The van der Waals surface area contributed by atoms with Gasteiger partial charge in [-0.1, -0.05) is 31.2 Å². The van der Waals surface area contributed by atoms with Crippen molar-refractivity contribution in [3.63, 3.8) is 0 Å². The number of carbonyl (C=O) groups excluding carboxylic acids is 1. The molecule has 1 aromatic rings. The highest BCUT2D eigenvalue weighted by molar-refractivity contribution is 5.78. The lowest BCUT2D eigenvalue weighted by Gasteiger charge is -2.22. The Labute approximate surface area is 121 Å². The van der Waals surface area contributed by atoms with Gasteiger partial charge < -0.3 is 11.1 Å². The minimum Gasteiger partial charge on any atom is -0.354 e. The van der Waals surface area contributed by atoms with E-state index in [0.717, 1.165) is 30.8 Å². The summed E-state index contributed by atoms with van der Waals surface area (Å²) in [6, 6.07) is 8.45. The topological polar surface area (TPSA) is 58.4 Å². The predicted octanol–water partition coefficient (Wildman–Crippen LogP) is 1.29. The van der Waals surface area contributed by atoms with Gasteiger partial charge in [0.25, 0.3) is 0 Å². The maximum atomic E-state index is 12.0. The number of amides is 1. The largest absolute Gasteiger partial charge is 0.354 e. The fraction of sp³-hybridized carbons (Fsp3) is 0.562. The van der Waals surface area contributed by atoms with Crippen LogP contribution in [0.1, 0.15) is 30.9 Å². The molecule has 1 aliphatic heterocycles. The molecule has 1 aliphatic rings. The third-order valence-electron chi connectivity index (χ3n) is 4.06. The van der Waals surface area contributed by atoms with Gasteiger partial charge in [-0.05, 0) is 37.1 Å². The van der Waals surface area contributed by atoms with Gasteiger partial charge in [0.05, 0.1) is 6.42 Å². The number of likely N-dealkylation sites (N-methyl/N-ethyl adjacent to an activating group) is 1. The summed E-state index contributed by atoms with van der Waals surface area (Å²) >= 11 is 0. The van der Waals surface area contributed by atoms with E-state index in [1.165, 1.54) is 12.8 Å². The van der Waals surface area contributed by atoms with E-state index in [-0.39, 0.29) is 5.91 Å². The molecule has 1 heterocycles. The standard InChI is InChI=1S/C16H25N3O/c1-2-19-9-3-4-15(19)12-18-16(20)10-13-5-7-14(11-17)8-6-13/h5-8,15H,2-4,9-12,17H2,1H3,(H,18,20). The first-order valence-corrected chi connectivity index (χ1v) is 7.51. The van der Waals surface area contributed by atoms with Crippen molar-refractivity contribution in [3.8, 4) is 0 Å². The number of nitrogens with zero attached hydrogens (tertiary/aromatic N) is 1. The van der Waals surface area contributed by atoms with Crippen LogP contribution in [0.15, 0.2) is 24.3 Å². The van der Waals surface area contributed by atoms with Crippen LogP contribution in [0, 0.1) is 0 Å². The lowest BCUT2D eigenvalue weighted by molar-refractivity contribution is -0.120. The Kier molecular flexibility index (Phi) is 5.56. The number of carbonyl (C=O) groups is 1. The molecule has 1 unspecified atom stereocenters. The second-order valence-corrected chi connectivity index (χ2v) is 5.43. The third kappa shape index (κ3) is 4.05. The van der Waals surface area contributed by atoms with Crippen LogP contribution in [0.5, 0.6) is 0 Å². The fourth-order valence-corrected chi connectivity index (χ4v) is 2.82. The van der Waals surface area contributed by atoms with E-state index in [2.05, 4.69) is 17.1 Å². The van der Waals surface area contributed by atoms with Crippen LogP contribution in [0.25, 0.3) is 0 Å². The van der Waals surface area contributed by atoms with Crippen LogP contribution in [-0.2, 0) is 17.8 Å². The highest BCUT2D eigenvalue weighted by Crippen LogP contribution is 2.15. The van der Waals surface area contributed by atoms with E-state index >= 15 is 0 Å². The van der Waals surface area contributed by atoms with E-state index in [4.69, 9.17) is 5.73 Å². The summed E-state index contributed by atoms with van der Waals surface area (Å²) in [5.41, 5.74) is 7.70. The second-order valence-electron chi connectivity index (χ2n) is 5.43. The number of nitrogens with two attached hydrogens (primary N) is 1. The quantitative estimate of drug-likeness (QED) is 0.822. The van der Waals surface area contributed by atoms with Gasteiger partial charge in [-0.3, -0.25) is 9.69 Å². The van der Waals surface area contributed by atoms with Gasteiger partial charge in [-0.25, -0.2) is 0 Å². The van der Waals surface area contributed by atoms with Gasteiger partial charge in [0, 0.05) is 19.1 Å². The average molecular weight is 275 g/mol. The van der Waals surface area contributed by atoms with Crippen molar-refractivity contribution in [2.75, 3.05) is 19.6 Å². The molecule has 0 saturated carbocycles. The highest BCUT2D eigenvalue weighted by Gasteiger charge is 2.22. The highest BCUT2D eigenvalue weighted by atomic mass is 16.1. The van der Waals surface area contributed by atoms with Crippen LogP contribution in [0.4, 0.5) is 0 Å². The van der Waals surface area contributed by atoms with Crippen LogP contribution in [-0.4, -0.2) is 36.5 Å². The molecule has 4 nitrogen and oxygen atoms in total. The summed E-state index contributed by atoms with van der Waals surface area (Å²) in [6.45, 7) is 5.73. The van der Waals surface area contributed by atoms with Crippen molar-refractivity contribution in [2.24, 2.45) is 5.73 Å². The van der Waals surface area contributed by atoms with Crippen LogP contribution < -0.4 is 11.1 Å². The molecule has 1 aromatic carbocycles. The predicted molar refractivity (Wildman–Crippen MR) is 81.3 cm³/mol. The Morgan fingerprint density at radius 1 is 1.35 bits per heavy atom. The number of nitrogens with one attached hydrogen (secondary N) is 1. The molecular weight excluding hydrogens is 250 g/mol. The maximum absolute atomic E-state index is 12.0. The van der Waals surface area contributed by atoms with Crippen LogP contribution in [0.3, 0.4) is 0 Å². The van der Waals surface area contributed by atoms with E-state index < -0.39 is 0 Å². The number of likely N-dealkylation sites (tertiary alicyclic amines) is 1. The average Bonchev–Trinajstić information content (AvgIpc) is 2.93. The Morgan fingerprint density at radius 2 is 2.05 bits per heavy atom. The minimum absolute atomic E-state index is 0.105. The molecule has 1 fully saturated rings. The number of rotatable bonds is 6. The Morgan fingerprint density at radius 3 is 2.70 bits per heavy atom. The van der Waals surface area contributed by atoms with Gasteiger partial charge in [0.15, 0.2) is 0 Å². The van der Waals surface area contributed by atoms with E-state index in [9.17, 15) is 4.79 Å². The molecule has 0 radical (unpaired) electrons. The minimum atomic E-state index is 0.105. The molecule has 110 valence electrons. The fourth-order valence-electron chi connectivity index (χ4n) is 2.82. The summed E-state index contributed by atoms with van der Waals surface area (Å²) in [7, 11) is 0. The van der Waals surface area contributed by atoms with Crippen molar-refractivity contribution in [3.05, 3.63) is 35.4 Å². The van der Waals surface area contributed by atoms with E-state index in [0.29, 0.717) is 19.0 Å². The van der Waals surface area contributed by atoms with Crippen LogP contribution >= 0.6 is 0 Å². The van der Waals surface area contributed by atoms with Gasteiger partial charge in [-0.2, -0.15) is 0 Å². The van der Waals surface area contributed by atoms with Gasteiger partial charge in [0.1, 0.15) is 0 Å². The van der Waals surface area contributed by atoms with Crippen molar-refractivity contribution < 1.29 is 4.79 Å². The molecule has 0 aromatic heterocycles. The zero-order valence-corrected chi connectivity index (χ0v) is 12.3. The number of hydrogen-bond acceptors (Lipinski definition) is 3. The molecule has 20 heavy (non-hydrogen) atoms. The molecule has 0 spiro atoms. The summed E-state index contributed by atoms with van der Waals surface area (Å²) in [6.07, 6.45) is 2.89. The molecule has 2 rings (SSSR count). The third-order valence-corrected chi connectivity index (χ3v) is 4.06. The summed E-state index contributed by atoms with van der Waals surface area (Å²) < 4.78 is 0.